The number of nitrogens with zero attached hydrogens (tertiary/aromatic N) is 2. The van der Waals surface area contributed by atoms with E-state index in [1.54, 1.807) is 19.1 Å². The van der Waals surface area contributed by atoms with E-state index in [2.05, 4.69) is 4.98 Å². The molecule has 0 fully saturated rings. The van der Waals surface area contributed by atoms with Gasteiger partial charge in [-0.05, 0) is 49.7 Å². The monoisotopic (exact) mass is 322 g/mol. The Morgan fingerprint density at radius 1 is 1.19 bits per heavy atom. The number of hydrogen-bond acceptors (Lipinski definition) is 1. The number of hydrogen-bond donors (Lipinski definition) is 0. The van der Waals surface area contributed by atoms with E-state index in [4.69, 9.17) is 23.2 Å². The highest BCUT2D eigenvalue weighted by Gasteiger charge is 2.17. The van der Waals surface area contributed by atoms with E-state index >= 15 is 0 Å². The molecule has 2 aromatic carbocycles. The molecular formula is C16H13Cl2FN2. The van der Waals surface area contributed by atoms with E-state index in [-0.39, 0.29) is 11.2 Å². The van der Waals surface area contributed by atoms with Crippen LogP contribution in [0.3, 0.4) is 0 Å². The molecule has 108 valence electrons. The summed E-state index contributed by atoms with van der Waals surface area (Å²) in [5.41, 5.74) is 2.88. The molecule has 0 bridgehead atoms. The van der Waals surface area contributed by atoms with Gasteiger partial charge in [0.05, 0.1) is 22.1 Å². The quantitative estimate of drug-likeness (QED) is 0.575. The van der Waals surface area contributed by atoms with Crippen molar-refractivity contribution in [3.63, 3.8) is 0 Å². The van der Waals surface area contributed by atoms with Gasteiger partial charge in [0.2, 0.25) is 0 Å². The maximum atomic E-state index is 13.9. The molecule has 3 rings (SSSR count). The Bertz CT molecular complexity index is 825. The van der Waals surface area contributed by atoms with Gasteiger partial charge in [0.1, 0.15) is 11.6 Å². The summed E-state index contributed by atoms with van der Waals surface area (Å²) in [7, 11) is 0. The van der Waals surface area contributed by atoms with E-state index in [1.165, 1.54) is 6.07 Å². The summed E-state index contributed by atoms with van der Waals surface area (Å²) in [6.07, 6.45) is 0. The standard InChI is InChI=1S/C16H13Cl2FN2/c1-9-3-5-12(8-13(9)19)21-15-7-11(18)4-6-14(15)20-16(21)10(2)17/h3-8,10H,1-2H3. The maximum absolute atomic E-state index is 13.9. The molecular weight excluding hydrogens is 310 g/mol. The van der Waals surface area contributed by atoms with Crippen molar-refractivity contribution in [1.29, 1.82) is 0 Å². The lowest BCUT2D eigenvalue weighted by Gasteiger charge is -2.11. The smallest absolute Gasteiger partial charge is 0.132 e. The predicted octanol–water partition coefficient (Wildman–Crippen LogP) is 5.43. The lowest BCUT2D eigenvalue weighted by Crippen LogP contribution is -2.02. The Labute approximate surface area is 132 Å². The van der Waals surface area contributed by atoms with E-state index < -0.39 is 0 Å². The molecule has 1 unspecified atom stereocenters. The predicted molar refractivity (Wildman–Crippen MR) is 85.0 cm³/mol. The number of rotatable bonds is 2. The van der Waals surface area contributed by atoms with Gasteiger partial charge in [-0.3, -0.25) is 4.57 Å². The van der Waals surface area contributed by atoms with Gasteiger partial charge in [-0.15, -0.1) is 11.6 Å². The molecule has 0 amide bonds. The zero-order chi connectivity index (χ0) is 15.1. The number of aromatic nitrogens is 2. The van der Waals surface area contributed by atoms with Crippen LogP contribution in [-0.2, 0) is 0 Å². The normalized spacial score (nSPS) is 12.8. The van der Waals surface area contributed by atoms with Gasteiger partial charge in [-0.2, -0.15) is 0 Å². The Kier molecular flexibility index (Phi) is 3.64. The first kappa shape index (κ1) is 14.4. The molecule has 21 heavy (non-hydrogen) atoms. The van der Waals surface area contributed by atoms with Crippen molar-refractivity contribution < 1.29 is 4.39 Å². The van der Waals surface area contributed by atoms with Crippen molar-refractivity contribution in [2.24, 2.45) is 0 Å². The Morgan fingerprint density at radius 2 is 1.95 bits per heavy atom. The topological polar surface area (TPSA) is 17.8 Å². The van der Waals surface area contributed by atoms with Crippen molar-refractivity contribution >= 4 is 34.2 Å². The molecule has 0 aliphatic carbocycles. The van der Waals surface area contributed by atoms with Gasteiger partial charge in [0.25, 0.3) is 0 Å². The van der Waals surface area contributed by atoms with Crippen LogP contribution in [-0.4, -0.2) is 9.55 Å². The van der Waals surface area contributed by atoms with Crippen molar-refractivity contribution in [1.82, 2.24) is 9.55 Å². The highest BCUT2D eigenvalue weighted by Crippen LogP contribution is 2.30. The fraction of sp³-hybridized carbons (Fsp3) is 0.188. The number of aryl methyl sites for hydroxylation is 1. The van der Waals surface area contributed by atoms with Crippen LogP contribution >= 0.6 is 23.2 Å². The van der Waals surface area contributed by atoms with Crippen LogP contribution in [0.1, 0.15) is 23.7 Å². The fourth-order valence-electron chi connectivity index (χ4n) is 2.33. The SMILES string of the molecule is Cc1ccc(-n2c(C(C)Cl)nc3ccc(Cl)cc32)cc1F. The molecule has 0 aliphatic heterocycles. The number of benzene rings is 2. The summed E-state index contributed by atoms with van der Waals surface area (Å²) in [4.78, 5) is 4.53. The third-order valence-electron chi connectivity index (χ3n) is 3.41. The van der Waals surface area contributed by atoms with Crippen LogP contribution < -0.4 is 0 Å². The van der Waals surface area contributed by atoms with Crippen molar-refractivity contribution in [2.45, 2.75) is 19.2 Å². The third kappa shape index (κ3) is 2.52. The lowest BCUT2D eigenvalue weighted by atomic mass is 10.2. The van der Waals surface area contributed by atoms with E-state index in [0.717, 1.165) is 11.0 Å². The second kappa shape index (κ2) is 5.32. The van der Waals surface area contributed by atoms with Gasteiger partial charge in [-0.25, -0.2) is 9.37 Å². The summed E-state index contributed by atoms with van der Waals surface area (Å²) >= 11 is 12.3. The minimum absolute atomic E-state index is 0.260. The molecule has 1 atom stereocenters. The van der Waals surface area contributed by atoms with E-state index in [0.29, 0.717) is 22.1 Å². The number of halogens is 3. The molecule has 1 aromatic heterocycles. The highest BCUT2D eigenvalue weighted by molar-refractivity contribution is 6.31. The molecule has 0 N–H and O–H groups in total. The van der Waals surface area contributed by atoms with Crippen molar-refractivity contribution in [3.8, 4) is 5.69 Å². The highest BCUT2D eigenvalue weighted by atomic mass is 35.5. The second-order valence-electron chi connectivity index (χ2n) is 4.99. The summed E-state index contributed by atoms with van der Waals surface area (Å²) < 4.78 is 15.7. The number of alkyl halides is 1. The molecule has 5 heteroatoms. The minimum Gasteiger partial charge on any atom is -0.295 e. The Balaban J connectivity index is 2.35. The maximum Gasteiger partial charge on any atom is 0.132 e. The van der Waals surface area contributed by atoms with E-state index in [9.17, 15) is 4.39 Å². The third-order valence-corrected chi connectivity index (χ3v) is 3.84. The summed E-state index contributed by atoms with van der Waals surface area (Å²) in [6, 6.07) is 10.5. The molecule has 3 aromatic rings. The lowest BCUT2D eigenvalue weighted by molar-refractivity contribution is 0.617. The van der Waals surface area contributed by atoms with Crippen LogP contribution in [0.5, 0.6) is 0 Å². The van der Waals surface area contributed by atoms with Gasteiger partial charge >= 0.3 is 0 Å². The first-order valence-corrected chi connectivity index (χ1v) is 7.37. The molecule has 0 saturated carbocycles. The second-order valence-corrected chi connectivity index (χ2v) is 6.08. The van der Waals surface area contributed by atoms with Crippen LogP contribution in [0, 0.1) is 12.7 Å². The van der Waals surface area contributed by atoms with E-state index in [1.807, 2.05) is 29.7 Å². The first-order valence-electron chi connectivity index (χ1n) is 6.56. The molecule has 1 heterocycles. The van der Waals surface area contributed by atoms with Crippen LogP contribution in [0.25, 0.3) is 16.7 Å². The molecule has 0 radical (unpaired) electrons. The molecule has 0 spiro atoms. The molecule has 0 saturated heterocycles. The largest absolute Gasteiger partial charge is 0.295 e. The summed E-state index contributed by atoms with van der Waals surface area (Å²) in [6.45, 7) is 3.57. The average molecular weight is 323 g/mol. The van der Waals surface area contributed by atoms with Gasteiger partial charge in [0, 0.05) is 5.02 Å². The number of imidazole rings is 1. The zero-order valence-corrected chi connectivity index (χ0v) is 13.1. The van der Waals surface area contributed by atoms with Gasteiger partial charge in [0.15, 0.2) is 0 Å². The average Bonchev–Trinajstić information content (AvgIpc) is 2.80. The molecule has 0 aliphatic rings. The minimum atomic E-state index is -0.305. The Morgan fingerprint density at radius 3 is 2.62 bits per heavy atom. The van der Waals surface area contributed by atoms with Crippen molar-refractivity contribution in [3.05, 3.63) is 58.6 Å². The van der Waals surface area contributed by atoms with Crippen LogP contribution in [0.4, 0.5) is 4.39 Å². The summed E-state index contributed by atoms with van der Waals surface area (Å²) in [5, 5.41) is 0.297. The van der Waals surface area contributed by atoms with Crippen molar-refractivity contribution in [2.75, 3.05) is 0 Å². The molecule has 2 nitrogen and oxygen atoms in total. The zero-order valence-electron chi connectivity index (χ0n) is 11.6. The van der Waals surface area contributed by atoms with Gasteiger partial charge < -0.3 is 0 Å². The van der Waals surface area contributed by atoms with Crippen LogP contribution in [0.15, 0.2) is 36.4 Å². The summed E-state index contributed by atoms with van der Waals surface area (Å²) in [5.74, 6) is 0.404. The Hall–Kier alpha value is -1.58. The van der Waals surface area contributed by atoms with Crippen LogP contribution in [0.2, 0.25) is 5.02 Å². The fourth-order valence-corrected chi connectivity index (χ4v) is 2.64. The van der Waals surface area contributed by atoms with Gasteiger partial charge in [-0.1, -0.05) is 17.7 Å². The first-order chi connectivity index (χ1) is 9.97. The number of fused-ring (bicyclic) bond motifs is 1.